The highest BCUT2D eigenvalue weighted by Gasteiger charge is 2.22. The first-order valence-corrected chi connectivity index (χ1v) is 9.33. The van der Waals surface area contributed by atoms with Crippen molar-refractivity contribution < 1.29 is 0 Å². The summed E-state index contributed by atoms with van der Waals surface area (Å²) in [5, 5.41) is 9.25. The lowest BCUT2D eigenvalue weighted by Crippen LogP contribution is -2.21. The zero-order valence-corrected chi connectivity index (χ0v) is 15.6. The third-order valence-electron chi connectivity index (χ3n) is 5.18. The molecule has 6 heteroatoms. The van der Waals surface area contributed by atoms with Crippen molar-refractivity contribution in [2.75, 3.05) is 5.32 Å². The van der Waals surface area contributed by atoms with Gasteiger partial charge < -0.3 is 11.1 Å². The maximum absolute atomic E-state index is 6.00. The van der Waals surface area contributed by atoms with E-state index in [1.54, 1.807) is 0 Å². The SMILES string of the molecule is CC(C)c1c2cc(-c3ccnc(N[C@H]4CC[C@H](N)C4)n3)ccc2nn1C. The summed E-state index contributed by atoms with van der Waals surface area (Å²) in [4.78, 5) is 9.12. The van der Waals surface area contributed by atoms with E-state index < -0.39 is 0 Å². The minimum Gasteiger partial charge on any atom is -0.351 e. The van der Waals surface area contributed by atoms with E-state index >= 15 is 0 Å². The van der Waals surface area contributed by atoms with Crippen molar-refractivity contribution in [1.29, 1.82) is 0 Å². The van der Waals surface area contributed by atoms with Crippen LogP contribution in [0, 0.1) is 0 Å². The average molecular weight is 350 g/mol. The van der Waals surface area contributed by atoms with Gasteiger partial charge in [-0.2, -0.15) is 5.10 Å². The van der Waals surface area contributed by atoms with Gasteiger partial charge in [-0.15, -0.1) is 0 Å². The van der Waals surface area contributed by atoms with Crippen molar-refractivity contribution in [3.8, 4) is 11.3 Å². The van der Waals surface area contributed by atoms with Gasteiger partial charge in [0.1, 0.15) is 0 Å². The van der Waals surface area contributed by atoms with Crippen molar-refractivity contribution in [1.82, 2.24) is 19.7 Å². The molecule has 0 aliphatic heterocycles. The lowest BCUT2D eigenvalue weighted by Gasteiger charge is -2.13. The third-order valence-corrected chi connectivity index (χ3v) is 5.18. The number of benzene rings is 1. The number of hydrogen-bond donors (Lipinski definition) is 2. The molecule has 3 N–H and O–H groups in total. The van der Waals surface area contributed by atoms with Gasteiger partial charge in [0.2, 0.25) is 5.95 Å². The Labute approximate surface area is 153 Å². The maximum Gasteiger partial charge on any atom is 0.223 e. The summed E-state index contributed by atoms with van der Waals surface area (Å²) in [5.74, 6) is 1.09. The number of nitrogens with zero attached hydrogens (tertiary/aromatic N) is 4. The van der Waals surface area contributed by atoms with Crippen LogP contribution in [0.15, 0.2) is 30.5 Å². The second kappa shape index (κ2) is 6.68. The Bertz CT molecular complexity index is 929. The minimum atomic E-state index is 0.290. The molecule has 0 bridgehead atoms. The van der Waals surface area contributed by atoms with Gasteiger partial charge in [-0.3, -0.25) is 4.68 Å². The summed E-state index contributed by atoms with van der Waals surface area (Å²) in [5.41, 5.74) is 10.3. The number of hydrogen-bond acceptors (Lipinski definition) is 5. The Morgan fingerprint density at radius 1 is 1.23 bits per heavy atom. The first-order valence-electron chi connectivity index (χ1n) is 9.33. The Kier molecular flexibility index (Phi) is 4.36. The molecule has 0 saturated heterocycles. The molecule has 1 aromatic carbocycles. The van der Waals surface area contributed by atoms with Gasteiger partial charge in [0.05, 0.1) is 11.2 Å². The second-order valence-corrected chi connectivity index (χ2v) is 7.58. The summed E-state index contributed by atoms with van der Waals surface area (Å²) < 4.78 is 1.98. The van der Waals surface area contributed by atoms with Crippen LogP contribution >= 0.6 is 0 Å². The Morgan fingerprint density at radius 3 is 2.81 bits per heavy atom. The molecule has 1 aliphatic carbocycles. The smallest absolute Gasteiger partial charge is 0.223 e. The van der Waals surface area contributed by atoms with E-state index in [0.29, 0.717) is 17.9 Å². The monoisotopic (exact) mass is 350 g/mol. The van der Waals surface area contributed by atoms with Crippen LogP contribution in [0.3, 0.4) is 0 Å². The second-order valence-electron chi connectivity index (χ2n) is 7.58. The lowest BCUT2D eigenvalue weighted by molar-refractivity contribution is 0.677. The molecule has 1 fully saturated rings. The van der Waals surface area contributed by atoms with E-state index in [4.69, 9.17) is 10.7 Å². The molecular formula is C20H26N6. The Balaban J connectivity index is 1.67. The van der Waals surface area contributed by atoms with Gasteiger partial charge in [0.15, 0.2) is 0 Å². The van der Waals surface area contributed by atoms with Crippen LogP contribution in [0.25, 0.3) is 22.2 Å². The van der Waals surface area contributed by atoms with Gasteiger partial charge in [0, 0.05) is 42.0 Å². The molecule has 1 aliphatic rings. The number of nitrogens with two attached hydrogens (primary N) is 1. The van der Waals surface area contributed by atoms with Crippen LogP contribution < -0.4 is 11.1 Å². The van der Waals surface area contributed by atoms with Crippen LogP contribution in [0.2, 0.25) is 0 Å². The minimum absolute atomic E-state index is 0.290. The third kappa shape index (κ3) is 3.17. The fourth-order valence-electron chi connectivity index (χ4n) is 3.98. The van der Waals surface area contributed by atoms with Crippen molar-refractivity contribution in [3.63, 3.8) is 0 Å². The van der Waals surface area contributed by atoms with E-state index in [0.717, 1.165) is 36.0 Å². The van der Waals surface area contributed by atoms with Crippen molar-refractivity contribution in [3.05, 3.63) is 36.2 Å². The number of aromatic nitrogens is 4. The Morgan fingerprint density at radius 2 is 2.08 bits per heavy atom. The predicted molar refractivity (Wildman–Crippen MR) is 105 cm³/mol. The highest BCUT2D eigenvalue weighted by atomic mass is 15.3. The molecule has 2 heterocycles. The number of fused-ring (bicyclic) bond motifs is 1. The standard InChI is InChI=1S/C20H26N6/c1-12(2)19-16-10-13(4-7-18(16)25-26(19)3)17-8-9-22-20(24-17)23-15-6-5-14(21)11-15/h4,7-10,12,14-15H,5-6,11,21H2,1-3H3,(H,22,23,24)/t14-,15-/m0/s1. The van der Waals surface area contributed by atoms with Crippen molar-refractivity contribution >= 4 is 16.9 Å². The maximum atomic E-state index is 6.00. The van der Waals surface area contributed by atoms with Crippen LogP contribution in [-0.2, 0) is 7.05 Å². The molecule has 6 nitrogen and oxygen atoms in total. The Hall–Kier alpha value is -2.47. The van der Waals surface area contributed by atoms with E-state index in [2.05, 4.69) is 47.4 Å². The van der Waals surface area contributed by atoms with Crippen molar-refractivity contribution in [2.24, 2.45) is 12.8 Å². The van der Waals surface area contributed by atoms with Crippen LogP contribution in [-0.4, -0.2) is 31.8 Å². The normalized spacial score (nSPS) is 20.2. The van der Waals surface area contributed by atoms with Crippen LogP contribution in [0.4, 0.5) is 5.95 Å². The van der Waals surface area contributed by atoms with Gasteiger partial charge in [-0.25, -0.2) is 9.97 Å². The molecule has 1 saturated carbocycles. The van der Waals surface area contributed by atoms with Gasteiger partial charge >= 0.3 is 0 Å². The highest BCUT2D eigenvalue weighted by Crippen LogP contribution is 2.29. The van der Waals surface area contributed by atoms with E-state index in [-0.39, 0.29) is 6.04 Å². The molecule has 0 radical (unpaired) electrons. The molecule has 0 unspecified atom stereocenters. The lowest BCUT2D eigenvalue weighted by atomic mass is 10.0. The van der Waals surface area contributed by atoms with E-state index in [1.807, 2.05) is 24.0 Å². The molecule has 4 rings (SSSR count). The first-order chi connectivity index (χ1) is 12.5. The molecule has 26 heavy (non-hydrogen) atoms. The molecule has 0 spiro atoms. The molecule has 2 aromatic heterocycles. The summed E-state index contributed by atoms with van der Waals surface area (Å²) in [6.07, 6.45) is 4.94. The van der Waals surface area contributed by atoms with Crippen LogP contribution in [0.1, 0.15) is 44.7 Å². The summed E-state index contributed by atoms with van der Waals surface area (Å²) >= 11 is 0. The first kappa shape index (κ1) is 17.0. The average Bonchev–Trinajstić information content (AvgIpc) is 3.16. The summed E-state index contributed by atoms with van der Waals surface area (Å²) in [6.45, 7) is 4.39. The largest absolute Gasteiger partial charge is 0.351 e. The summed E-state index contributed by atoms with van der Waals surface area (Å²) in [6, 6.07) is 8.96. The number of anilines is 1. The molecular weight excluding hydrogens is 324 g/mol. The number of aryl methyl sites for hydroxylation is 1. The van der Waals surface area contributed by atoms with Crippen molar-refractivity contribution in [2.45, 2.75) is 51.1 Å². The fraction of sp³-hybridized carbons (Fsp3) is 0.450. The fourth-order valence-corrected chi connectivity index (χ4v) is 3.98. The molecule has 3 aromatic rings. The number of rotatable bonds is 4. The molecule has 136 valence electrons. The topological polar surface area (TPSA) is 81.7 Å². The quantitative estimate of drug-likeness (QED) is 0.753. The zero-order chi connectivity index (χ0) is 18.3. The molecule has 2 atom stereocenters. The van der Waals surface area contributed by atoms with Gasteiger partial charge in [-0.1, -0.05) is 19.9 Å². The van der Waals surface area contributed by atoms with Gasteiger partial charge in [-0.05, 0) is 43.4 Å². The van der Waals surface area contributed by atoms with Crippen LogP contribution in [0.5, 0.6) is 0 Å². The number of nitrogens with one attached hydrogen (secondary N) is 1. The predicted octanol–water partition coefficient (Wildman–Crippen LogP) is 3.45. The van der Waals surface area contributed by atoms with E-state index in [9.17, 15) is 0 Å². The molecule has 0 amide bonds. The van der Waals surface area contributed by atoms with Gasteiger partial charge in [0.25, 0.3) is 0 Å². The van der Waals surface area contributed by atoms with E-state index in [1.165, 1.54) is 11.1 Å². The zero-order valence-electron chi connectivity index (χ0n) is 15.6. The summed E-state index contributed by atoms with van der Waals surface area (Å²) in [7, 11) is 2.01. The highest BCUT2D eigenvalue weighted by molar-refractivity contribution is 5.86.